The lowest BCUT2D eigenvalue weighted by Gasteiger charge is -2.12. The Kier molecular flexibility index (Phi) is 3.50. The van der Waals surface area contributed by atoms with Crippen molar-refractivity contribution < 1.29 is 4.74 Å². The molecule has 2 atom stereocenters. The van der Waals surface area contributed by atoms with Crippen LogP contribution in [0.3, 0.4) is 0 Å². The second-order valence-corrected chi connectivity index (χ2v) is 3.44. The third kappa shape index (κ3) is 2.47. The van der Waals surface area contributed by atoms with Gasteiger partial charge in [0.15, 0.2) is 0 Å². The molecule has 60 valence electrons. The monoisotopic (exact) mass is 162 g/mol. The highest BCUT2D eigenvalue weighted by atomic mass is 35.5. The Morgan fingerprint density at radius 2 is 2.50 bits per heavy atom. The van der Waals surface area contributed by atoms with Gasteiger partial charge in [-0.15, -0.1) is 11.6 Å². The largest absolute Gasteiger partial charge is 0.378 e. The number of halogens is 1. The number of rotatable bonds is 3. The summed E-state index contributed by atoms with van der Waals surface area (Å²) in [5.41, 5.74) is 0. The first-order valence-corrected chi connectivity index (χ1v) is 4.54. The number of hydrogen-bond donors (Lipinski definition) is 0. The first-order chi connectivity index (χ1) is 4.83. The highest BCUT2D eigenvalue weighted by Gasteiger charge is 2.17. The summed E-state index contributed by atoms with van der Waals surface area (Å²) in [5, 5.41) is 0. The molecule has 0 bridgehead atoms. The summed E-state index contributed by atoms with van der Waals surface area (Å²) in [6.07, 6.45) is 4.12. The van der Waals surface area contributed by atoms with Crippen molar-refractivity contribution in [1.82, 2.24) is 0 Å². The fourth-order valence-corrected chi connectivity index (χ4v) is 1.47. The fourth-order valence-electron chi connectivity index (χ4n) is 1.34. The molecule has 1 nitrogen and oxygen atoms in total. The average molecular weight is 163 g/mol. The van der Waals surface area contributed by atoms with Crippen molar-refractivity contribution in [3.05, 3.63) is 0 Å². The van der Waals surface area contributed by atoms with Crippen molar-refractivity contribution in [2.75, 3.05) is 12.5 Å². The molecular formula is C8H15ClO. The number of ether oxygens (including phenoxy) is 1. The summed E-state index contributed by atoms with van der Waals surface area (Å²) >= 11 is 5.67. The molecule has 0 aromatic heterocycles. The van der Waals surface area contributed by atoms with Gasteiger partial charge in [0.05, 0.1) is 6.10 Å². The van der Waals surface area contributed by atoms with Gasteiger partial charge < -0.3 is 4.74 Å². The Hall–Kier alpha value is 0.250. The molecule has 2 unspecified atom stereocenters. The fraction of sp³-hybridized carbons (Fsp3) is 1.00. The molecular weight excluding hydrogens is 148 g/mol. The summed E-state index contributed by atoms with van der Waals surface area (Å²) in [5.74, 6) is 1.38. The summed E-state index contributed by atoms with van der Waals surface area (Å²) in [7, 11) is 0. The van der Waals surface area contributed by atoms with Crippen LogP contribution in [0, 0.1) is 5.92 Å². The molecule has 10 heavy (non-hydrogen) atoms. The van der Waals surface area contributed by atoms with Crippen LogP contribution in [-0.2, 0) is 4.74 Å². The van der Waals surface area contributed by atoms with Crippen LogP contribution in [-0.4, -0.2) is 18.6 Å². The van der Waals surface area contributed by atoms with Crippen LogP contribution in [0.1, 0.15) is 26.2 Å². The molecule has 0 aromatic carbocycles. The van der Waals surface area contributed by atoms with E-state index in [2.05, 4.69) is 6.92 Å². The molecule has 1 aliphatic heterocycles. The second kappa shape index (κ2) is 4.20. The van der Waals surface area contributed by atoms with Crippen molar-refractivity contribution in [3.63, 3.8) is 0 Å². The quantitative estimate of drug-likeness (QED) is 0.580. The summed E-state index contributed by atoms with van der Waals surface area (Å²) in [6.45, 7) is 3.13. The highest BCUT2D eigenvalue weighted by molar-refractivity contribution is 6.18. The number of alkyl halides is 1. The van der Waals surface area contributed by atoms with Crippen molar-refractivity contribution in [1.29, 1.82) is 0 Å². The Labute approximate surface area is 67.7 Å². The normalized spacial score (nSPS) is 28.8. The average Bonchev–Trinajstić information content (AvgIpc) is 2.40. The maximum Gasteiger partial charge on any atom is 0.0579 e. The topological polar surface area (TPSA) is 9.23 Å². The molecule has 0 saturated carbocycles. The Morgan fingerprint density at radius 1 is 1.70 bits per heavy atom. The van der Waals surface area contributed by atoms with E-state index in [1.54, 1.807) is 0 Å². The molecule has 1 rings (SSSR count). The van der Waals surface area contributed by atoms with Gasteiger partial charge >= 0.3 is 0 Å². The van der Waals surface area contributed by atoms with Gasteiger partial charge in [-0.05, 0) is 25.2 Å². The van der Waals surface area contributed by atoms with Crippen molar-refractivity contribution in [2.24, 2.45) is 5.92 Å². The van der Waals surface area contributed by atoms with E-state index >= 15 is 0 Å². The van der Waals surface area contributed by atoms with Gasteiger partial charge in [-0.25, -0.2) is 0 Å². The first kappa shape index (κ1) is 8.35. The molecule has 0 N–H and O–H groups in total. The Balaban J connectivity index is 2.11. The molecule has 1 aliphatic rings. The Morgan fingerprint density at radius 3 is 3.00 bits per heavy atom. The summed E-state index contributed by atoms with van der Waals surface area (Å²) < 4.78 is 5.47. The lowest BCUT2D eigenvalue weighted by molar-refractivity contribution is 0.0943. The molecule has 0 aromatic rings. The predicted octanol–water partition coefficient (Wildman–Crippen LogP) is 2.43. The first-order valence-electron chi connectivity index (χ1n) is 4.00. The molecule has 1 heterocycles. The molecule has 0 spiro atoms. The van der Waals surface area contributed by atoms with E-state index in [1.807, 2.05) is 0 Å². The summed E-state index contributed by atoms with van der Waals surface area (Å²) in [6, 6.07) is 0. The van der Waals surface area contributed by atoms with Gasteiger partial charge in [0.1, 0.15) is 0 Å². The Bertz CT molecular complexity index is 89.3. The van der Waals surface area contributed by atoms with E-state index in [9.17, 15) is 0 Å². The van der Waals surface area contributed by atoms with Crippen LogP contribution in [0.15, 0.2) is 0 Å². The molecule has 0 amide bonds. The molecule has 2 heteroatoms. The lowest BCUT2D eigenvalue weighted by Crippen LogP contribution is -2.11. The van der Waals surface area contributed by atoms with E-state index in [0.717, 1.165) is 18.9 Å². The van der Waals surface area contributed by atoms with E-state index in [4.69, 9.17) is 16.3 Å². The van der Waals surface area contributed by atoms with E-state index in [1.165, 1.54) is 12.8 Å². The molecule has 1 saturated heterocycles. The minimum absolute atomic E-state index is 0.508. The molecule has 1 fully saturated rings. The maximum absolute atomic E-state index is 5.67. The van der Waals surface area contributed by atoms with Gasteiger partial charge in [-0.3, -0.25) is 0 Å². The SMILES string of the molecule is CC(CCl)CC1CCCO1. The lowest BCUT2D eigenvalue weighted by atomic mass is 10.0. The number of hydrogen-bond acceptors (Lipinski definition) is 1. The van der Waals surface area contributed by atoms with Crippen molar-refractivity contribution in [2.45, 2.75) is 32.3 Å². The van der Waals surface area contributed by atoms with E-state index in [-0.39, 0.29) is 0 Å². The van der Waals surface area contributed by atoms with Crippen molar-refractivity contribution >= 4 is 11.6 Å². The predicted molar refractivity (Wildman–Crippen MR) is 43.5 cm³/mol. The van der Waals surface area contributed by atoms with Gasteiger partial charge in [-0.1, -0.05) is 6.92 Å². The van der Waals surface area contributed by atoms with Gasteiger partial charge in [0, 0.05) is 12.5 Å². The van der Waals surface area contributed by atoms with Crippen LogP contribution in [0.5, 0.6) is 0 Å². The standard InChI is InChI=1S/C8H15ClO/c1-7(6-9)5-8-3-2-4-10-8/h7-8H,2-6H2,1H3. The maximum atomic E-state index is 5.67. The van der Waals surface area contributed by atoms with E-state index in [0.29, 0.717) is 12.0 Å². The van der Waals surface area contributed by atoms with Crippen LogP contribution in [0.2, 0.25) is 0 Å². The zero-order valence-corrected chi connectivity index (χ0v) is 7.23. The van der Waals surface area contributed by atoms with Gasteiger partial charge in [0.2, 0.25) is 0 Å². The van der Waals surface area contributed by atoms with Gasteiger partial charge in [0.25, 0.3) is 0 Å². The van der Waals surface area contributed by atoms with Crippen LogP contribution >= 0.6 is 11.6 Å². The summed E-state index contributed by atoms with van der Waals surface area (Å²) in [4.78, 5) is 0. The smallest absolute Gasteiger partial charge is 0.0579 e. The third-order valence-corrected chi connectivity index (χ3v) is 2.48. The minimum atomic E-state index is 0.508. The zero-order chi connectivity index (χ0) is 7.40. The second-order valence-electron chi connectivity index (χ2n) is 3.13. The highest BCUT2D eigenvalue weighted by Crippen LogP contribution is 2.19. The molecule has 0 aliphatic carbocycles. The van der Waals surface area contributed by atoms with E-state index < -0.39 is 0 Å². The van der Waals surface area contributed by atoms with Crippen LogP contribution < -0.4 is 0 Å². The van der Waals surface area contributed by atoms with Gasteiger partial charge in [-0.2, -0.15) is 0 Å². The zero-order valence-electron chi connectivity index (χ0n) is 6.48. The minimum Gasteiger partial charge on any atom is -0.378 e. The van der Waals surface area contributed by atoms with Crippen molar-refractivity contribution in [3.8, 4) is 0 Å². The van der Waals surface area contributed by atoms with Crippen LogP contribution in [0.25, 0.3) is 0 Å². The third-order valence-electron chi connectivity index (χ3n) is 1.95. The molecule has 0 radical (unpaired) electrons. The van der Waals surface area contributed by atoms with Crippen LogP contribution in [0.4, 0.5) is 0 Å².